The Morgan fingerprint density at radius 3 is 2.86 bits per heavy atom. The fourth-order valence-electron chi connectivity index (χ4n) is 5.66. The first-order valence-electron chi connectivity index (χ1n) is 8.48. The molecule has 2 heteroatoms. The minimum atomic E-state index is -0.0688. The predicted molar refractivity (Wildman–Crippen MR) is 83.6 cm³/mol. The summed E-state index contributed by atoms with van der Waals surface area (Å²) in [5.41, 5.74) is 3.25. The zero-order valence-corrected chi connectivity index (χ0v) is 13.1. The summed E-state index contributed by atoms with van der Waals surface area (Å²) < 4.78 is 5.38. The molecule has 0 spiro atoms. The normalized spacial score (nSPS) is 41.1. The molecule has 5 atom stereocenters. The molecular weight excluding hydrogens is 260 g/mol. The third-order valence-corrected chi connectivity index (χ3v) is 6.88. The van der Waals surface area contributed by atoms with Crippen molar-refractivity contribution >= 4 is 0 Å². The summed E-state index contributed by atoms with van der Waals surface area (Å²) in [6.45, 7) is 2.34. The SMILES string of the molecule is COc1ccc2c(c1)CC[C@@H]1[C@H]2CC[C@]2(C)[C@@H](O)CC[C@@H]12. The van der Waals surface area contributed by atoms with Crippen molar-refractivity contribution in [3.63, 3.8) is 0 Å². The van der Waals surface area contributed by atoms with Crippen LogP contribution in [0.15, 0.2) is 18.2 Å². The summed E-state index contributed by atoms with van der Waals surface area (Å²) in [5.74, 6) is 3.20. The minimum absolute atomic E-state index is 0.0688. The number of hydrogen-bond acceptors (Lipinski definition) is 2. The number of rotatable bonds is 1. The zero-order chi connectivity index (χ0) is 14.6. The maximum Gasteiger partial charge on any atom is 0.119 e. The Kier molecular flexibility index (Phi) is 3.08. The van der Waals surface area contributed by atoms with Gasteiger partial charge in [-0.2, -0.15) is 0 Å². The first-order valence-corrected chi connectivity index (χ1v) is 8.48. The monoisotopic (exact) mass is 286 g/mol. The lowest BCUT2D eigenvalue weighted by Gasteiger charge is -2.50. The summed E-state index contributed by atoms with van der Waals surface area (Å²) >= 11 is 0. The number of fused-ring (bicyclic) bond motifs is 5. The summed E-state index contributed by atoms with van der Waals surface area (Å²) in [7, 11) is 1.75. The molecule has 0 unspecified atom stereocenters. The van der Waals surface area contributed by atoms with E-state index in [0.717, 1.165) is 24.0 Å². The Morgan fingerprint density at radius 1 is 1.19 bits per heavy atom. The molecule has 0 bridgehead atoms. The van der Waals surface area contributed by atoms with Gasteiger partial charge in [0.15, 0.2) is 0 Å². The van der Waals surface area contributed by atoms with E-state index in [1.54, 1.807) is 12.7 Å². The Bertz CT molecular complexity index is 552. The van der Waals surface area contributed by atoms with Crippen LogP contribution >= 0.6 is 0 Å². The van der Waals surface area contributed by atoms with E-state index in [9.17, 15) is 5.11 Å². The third-order valence-electron chi connectivity index (χ3n) is 6.88. The van der Waals surface area contributed by atoms with Gasteiger partial charge in [0.2, 0.25) is 0 Å². The molecule has 3 aliphatic rings. The molecule has 0 radical (unpaired) electrons. The molecule has 4 rings (SSSR count). The fourth-order valence-corrected chi connectivity index (χ4v) is 5.66. The first kappa shape index (κ1) is 13.6. The van der Waals surface area contributed by atoms with Gasteiger partial charge in [0.1, 0.15) is 5.75 Å². The van der Waals surface area contributed by atoms with Crippen LogP contribution in [0, 0.1) is 17.3 Å². The van der Waals surface area contributed by atoms with Crippen molar-refractivity contribution in [3.8, 4) is 5.75 Å². The van der Waals surface area contributed by atoms with E-state index in [1.165, 1.54) is 37.7 Å². The molecule has 3 aliphatic carbocycles. The quantitative estimate of drug-likeness (QED) is 0.848. The summed E-state index contributed by atoms with van der Waals surface area (Å²) in [4.78, 5) is 0. The number of aliphatic hydroxyl groups is 1. The first-order chi connectivity index (χ1) is 10.1. The van der Waals surface area contributed by atoms with E-state index in [0.29, 0.717) is 5.92 Å². The van der Waals surface area contributed by atoms with Crippen LogP contribution in [0.3, 0.4) is 0 Å². The highest BCUT2D eigenvalue weighted by Crippen LogP contribution is 2.60. The van der Waals surface area contributed by atoms with Crippen LogP contribution in [0.1, 0.15) is 56.1 Å². The Hall–Kier alpha value is -1.02. The van der Waals surface area contributed by atoms with Gasteiger partial charge in [-0.05, 0) is 85.0 Å². The summed E-state index contributed by atoms with van der Waals surface area (Å²) in [5, 5.41) is 10.4. The number of benzene rings is 1. The lowest BCUT2D eigenvalue weighted by molar-refractivity contribution is -0.0226. The van der Waals surface area contributed by atoms with Gasteiger partial charge in [-0.3, -0.25) is 0 Å². The zero-order valence-electron chi connectivity index (χ0n) is 13.1. The molecule has 0 aromatic heterocycles. The average molecular weight is 286 g/mol. The van der Waals surface area contributed by atoms with Crippen LogP contribution in [0.2, 0.25) is 0 Å². The van der Waals surface area contributed by atoms with Crippen LogP contribution in [0.5, 0.6) is 5.75 Å². The molecule has 0 amide bonds. The summed E-state index contributed by atoms with van der Waals surface area (Å²) in [6, 6.07) is 6.67. The highest BCUT2D eigenvalue weighted by Gasteiger charge is 2.54. The second-order valence-electron chi connectivity index (χ2n) is 7.62. The average Bonchev–Trinajstić information content (AvgIpc) is 2.82. The van der Waals surface area contributed by atoms with E-state index in [4.69, 9.17) is 4.74 Å². The van der Waals surface area contributed by atoms with E-state index < -0.39 is 0 Å². The molecular formula is C19H26O2. The summed E-state index contributed by atoms with van der Waals surface area (Å²) in [6.07, 6.45) is 7.07. The van der Waals surface area contributed by atoms with Crippen molar-refractivity contribution in [1.29, 1.82) is 0 Å². The van der Waals surface area contributed by atoms with Gasteiger partial charge < -0.3 is 9.84 Å². The number of ether oxygens (including phenoxy) is 1. The molecule has 2 saturated carbocycles. The van der Waals surface area contributed by atoms with Crippen LogP contribution in [0.4, 0.5) is 0 Å². The molecule has 2 fully saturated rings. The van der Waals surface area contributed by atoms with Crippen LogP contribution in [-0.2, 0) is 6.42 Å². The van der Waals surface area contributed by atoms with Gasteiger partial charge in [-0.15, -0.1) is 0 Å². The Morgan fingerprint density at radius 2 is 2.05 bits per heavy atom. The molecule has 114 valence electrons. The Balaban J connectivity index is 1.68. The van der Waals surface area contributed by atoms with Crippen molar-refractivity contribution in [2.45, 2.75) is 57.5 Å². The predicted octanol–water partition coefficient (Wildman–Crippen LogP) is 3.91. The van der Waals surface area contributed by atoms with E-state index in [2.05, 4.69) is 25.1 Å². The fraction of sp³-hybridized carbons (Fsp3) is 0.684. The number of hydrogen-bond donors (Lipinski definition) is 1. The van der Waals surface area contributed by atoms with Crippen molar-refractivity contribution in [2.75, 3.05) is 7.11 Å². The lowest BCUT2D eigenvalue weighted by Crippen LogP contribution is -2.43. The third kappa shape index (κ3) is 1.88. The highest BCUT2D eigenvalue weighted by atomic mass is 16.5. The van der Waals surface area contributed by atoms with Gasteiger partial charge in [-0.25, -0.2) is 0 Å². The van der Waals surface area contributed by atoms with Gasteiger partial charge in [0.25, 0.3) is 0 Å². The topological polar surface area (TPSA) is 29.5 Å². The van der Waals surface area contributed by atoms with Crippen LogP contribution in [0.25, 0.3) is 0 Å². The molecule has 1 N–H and O–H groups in total. The second-order valence-corrected chi connectivity index (χ2v) is 7.62. The lowest BCUT2D eigenvalue weighted by atomic mass is 9.55. The maximum absolute atomic E-state index is 10.4. The standard InChI is InChI=1S/C19H26O2/c1-19-10-9-15-14-6-4-13(21-2)11-12(14)3-5-16(15)17(19)7-8-18(19)20/h4,6,11,15-18,20H,3,5,7-10H2,1-2H3/t15-,16+,17-,18-,19-/m0/s1. The number of aryl methyl sites for hydroxylation is 1. The number of aliphatic hydroxyl groups excluding tert-OH is 1. The van der Waals surface area contributed by atoms with E-state index in [-0.39, 0.29) is 11.5 Å². The molecule has 0 saturated heterocycles. The van der Waals surface area contributed by atoms with Crippen LogP contribution in [-0.4, -0.2) is 18.3 Å². The maximum atomic E-state index is 10.4. The molecule has 1 aromatic carbocycles. The number of methoxy groups -OCH3 is 1. The second kappa shape index (κ2) is 4.74. The molecule has 2 nitrogen and oxygen atoms in total. The van der Waals surface area contributed by atoms with Gasteiger partial charge in [0, 0.05) is 0 Å². The van der Waals surface area contributed by atoms with Crippen molar-refractivity contribution < 1.29 is 9.84 Å². The molecule has 0 aliphatic heterocycles. The Labute approximate surface area is 127 Å². The smallest absolute Gasteiger partial charge is 0.119 e. The van der Waals surface area contributed by atoms with Gasteiger partial charge in [-0.1, -0.05) is 13.0 Å². The van der Waals surface area contributed by atoms with Gasteiger partial charge >= 0.3 is 0 Å². The molecule has 0 heterocycles. The van der Waals surface area contributed by atoms with E-state index in [1.807, 2.05) is 0 Å². The highest BCUT2D eigenvalue weighted by molar-refractivity contribution is 5.40. The minimum Gasteiger partial charge on any atom is -0.497 e. The van der Waals surface area contributed by atoms with Crippen LogP contribution < -0.4 is 4.74 Å². The largest absolute Gasteiger partial charge is 0.497 e. The van der Waals surface area contributed by atoms with Gasteiger partial charge in [0.05, 0.1) is 13.2 Å². The van der Waals surface area contributed by atoms with E-state index >= 15 is 0 Å². The molecule has 1 aromatic rings. The van der Waals surface area contributed by atoms with Crippen molar-refractivity contribution in [1.82, 2.24) is 0 Å². The van der Waals surface area contributed by atoms with Crippen molar-refractivity contribution in [2.24, 2.45) is 17.3 Å². The van der Waals surface area contributed by atoms with Crippen molar-refractivity contribution in [3.05, 3.63) is 29.3 Å². The molecule has 21 heavy (non-hydrogen) atoms.